The highest BCUT2D eigenvalue weighted by atomic mass is 16.5. The molecular weight excluding hydrogens is 422 g/mol. The van der Waals surface area contributed by atoms with E-state index in [0.717, 1.165) is 11.1 Å². The van der Waals surface area contributed by atoms with Gasteiger partial charge in [0.05, 0.1) is 18.5 Å². The van der Waals surface area contributed by atoms with Crippen molar-refractivity contribution in [3.63, 3.8) is 0 Å². The summed E-state index contributed by atoms with van der Waals surface area (Å²) in [5.74, 6) is -0.482. The van der Waals surface area contributed by atoms with Gasteiger partial charge in [-0.15, -0.1) is 0 Å². The van der Waals surface area contributed by atoms with E-state index in [2.05, 4.69) is 15.5 Å². The lowest BCUT2D eigenvalue weighted by Gasteiger charge is -2.06. The van der Waals surface area contributed by atoms with Crippen LogP contribution in [0.1, 0.15) is 16.1 Å². The average molecular weight is 443 g/mol. The van der Waals surface area contributed by atoms with Gasteiger partial charge < -0.3 is 19.2 Å². The molecule has 0 unspecified atom stereocenters. The van der Waals surface area contributed by atoms with Crippen molar-refractivity contribution in [1.29, 1.82) is 0 Å². The fourth-order valence-corrected chi connectivity index (χ4v) is 3.14. The first-order valence-electron chi connectivity index (χ1n) is 10.1. The van der Waals surface area contributed by atoms with Gasteiger partial charge >= 0.3 is 5.97 Å². The Morgan fingerprint density at radius 1 is 0.939 bits per heavy atom. The number of azo groups is 1. The van der Waals surface area contributed by atoms with Crippen LogP contribution >= 0.6 is 0 Å². The van der Waals surface area contributed by atoms with Gasteiger partial charge in [0.2, 0.25) is 5.76 Å². The smallest absolute Gasteiger partial charge is 0.375 e. The number of aryl methyl sites for hydroxylation is 1. The number of methoxy groups -OCH3 is 1. The number of nitrogens with zero attached hydrogens (tertiary/aromatic N) is 2. The largest absolute Gasteiger partial charge is 0.497 e. The molecule has 8 nitrogen and oxygen atoms in total. The summed E-state index contributed by atoms with van der Waals surface area (Å²) >= 11 is 0. The lowest BCUT2D eigenvalue weighted by molar-refractivity contribution is -0.119. The first kappa shape index (κ1) is 21.8. The van der Waals surface area contributed by atoms with Crippen LogP contribution in [0.25, 0.3) is 11.0 Å². The molecule has 0 atom stereocenters. The molecule has 0 aliphatic heterocycles. The van der Waals surface area contributed by atoms with Gasteiger partial charge in [0.15, 0.2) is 6.61 Å². The zero-order valence-corrected chi connectivity index (χ0v) is 18.1. The maximum Gasteiger partial charge on any atom is 0.375 e. The molecule has 1 N–H and O–H groups in total. The molecule has 0 bridgehead atoms. The normalized spacial score (nSPS) is 11.0. The maximum absolute atomic E-state index is 12.4. The Bertz CT molecular complexity index is 1310. The Labute approximate surface area is 189 Å². The van der Waals surface area contributed by atoms with E-state index in [1.165, 1.54) is 0 Å². The van der Waals surface area contributed by atoms with Crippen molar-refractivity contribution < 1.29 is 23.5 Å². The molecule has 0 saturated heterocycles. The summed E-state index contributed by atoms with van der Waals surface area (Å²) in [7, 11) is 1.56. The Kier molecular flexibility index (Phi) is 6.45. The Hall–Kier alpha value is -4.46. The molecule has 0 aliphatic rings. The minimum Gasteiger partial charge on any atom is -0.497 e. The lowest BCUT2D eigenvalue weighted by Crippen LogP contribution is -2.20. The number of hydrogen-bond donors (Lipinski definition) is 1. The monoisotopic (exact) mass is 443 g/mol. The van der Waals surface area contributed by atoms with Gasteiger partial charge in [-0.3, -0.25) is 4.79 Å². The molecule has 0 fully saturated rings. The predicted molar refractivity (Wildman–Crippen MR) is 123 cm³/mol. The van der Waals surface area contributed by atoms with Crippen LogP contribution in [-0.2, 0) is 9.53 Å². The van der Waals surface area contributed by atoms with E-state index in [-0.39, 0.29) is 5.76 Å². The molecule has 8 heteroatoms. The third-order valence-corrected chi connectivity index (χ3v) is 4.85. The molecular formula is C25H21N3O5. The molecule has 3 aromatic carbocycles. The molecule has 4 aromatic rings. The van der Waals surface area contributed by atoms with Crippen molar-refractivity contribution in [2.45, 2.75) is 6.92 Å². The van der Waals surface area contributed by atoms with E-state index in [0.29, 0.717) is 28.3 Å². The Morgan fingerprint density at radius 2 is 1.64 bits per heavy atom. The number of nitrogens with one attached hydrogen (secondary N) is 1. The van der Waals surface area contributed by atoms with E-state index in [9.17, 15) is 9.59 Å². The predicted octanol–water partition coefficient (Wildman–Crippen LogP) is 5.96. The quantitative estimate of drug-likeness (QED) is 0.280. The molecule has 4 rings (SSSR count). The number of esters is 1. The highest BCUT2D eigenvalue weighted by Crippen LogP contribution is 2.29. The highest BCUT2D eigenvalue weighted by molar-refractivity contribution is 5.98. The molecule has 1 amide bonds. The topological polar surface area (TPSA) is 102 Å². The van der Waals surface area contributed by atoms with E-state index in [1.54, 1.807) is 56.5 Å². The van der Waals surface area contributed by atoms with Gasteiger partial charge in [-0.25, -0.2) is 4.79 Å². The number of rotatable bonds is 7. The summed E-state index contributed by atoms with van der Waals surface area (Å²) in [5, 5.41) is 11.7. The molecule has 0 saturated carbocycles. The number of ether oxygens (including phenoxy) is 2. The van der Waals surface area contributed by atoms with Crippen LogP contribution in [0, 0.1) is 6.92 Å². The molecule has 166 valence electrons. The zero-order valence-electron chi connectivity index (χ0n) is 18.1. The zero-order chi connectivity index (χ0) is 23.2. The van der Waals surface area contributed by atoms with Crippen LogP contribution in [0.2, 0.25) is 0 Å². The van der Waals surface area contributed by atoms with Crippen molar-refractivity contribution in [2.24, 2.45) is 10.2 Å². The van der Waals surface area contributed by atoms with Crippen LogP contribution in [-0.4, -0.2) is 25.6 Å². The van der Waals surface area contributed by atoms with E-state index >= 15 is 0 Å². The van der Waals surface area contributed by atoms with Gasteiger partial charge in [0.25, 0.3) is 5.91 Å². The summed E-state index contributed by atoms with van der Waals surface area (Å²) in [4.78, 5) is 24.6. The van der Waals surface area contributed by atoms with Gasteiger partial charge in [-0.1, -0.05) is 18.2 Å². The highest BCUT2D eigenvalue weighted by Gasteiger charge is 2.20. The van der Waals surface area contributed by atoms with Crippen molar-refractivity contribution in [3.8, 4) is 5.75 Å². The summed E-state index contributed by atoms with van der Waals surface area (Å²) < 4.78 is 15.9. The maximum atomic E-state index is 12.4. The van der Waals surface area contributed by atoms with Crippen molar-refractivity contribution in [2.75, 3.05) is 19.0 Å². The number of carbonyl (C=O) groups excluding carboxylic acids is 2. The van der Waals surface area contributed by atoms with Crippen LogP contribution in [0.4, 0.5) is 17.1 Å². The molecule has 0 spiro atoms. The second kappa shape index (κ2) is 9.78. The third kappa shape index (κ3) is 5.24. The number of furan rings is 1. The Balaban J connectivity index is 1.33. The van der Waals surface area contributed by atoms with Gasteiger partial charge in [0.1, 0.15) is 11.3 Å². The first-order chi connectivity index (χ1) is 16.0. The van der Waals surface area contributed by atoms with Crippen LogP contribution in [0.3, 0.4) is 0 Å². The average Bonchev–Trinajstić information content (AvgIpc) is 3.18. The van der Waals surface area contributed by atoms with Crippen molar-refractivity contribution >= 4 is 39.9 Å². The molecule has 0 aliphatic carbocycles. The second-order valence-corrected chi connectivity index (χ2v) is 7.13. The molecule has 33 heavy (non-hydrogen) atoms. The minimum atomic E-state index is -0.713. The van der Waals surface area contributed by atoms with Gasteiger partial charge in [-0.2, -0.15) is 10.2 Å². The molecule has 1 heterocycles. The summed E-state index contributed by atoms with van der Waals surface area (Å²) in [6.07, 6.45) is 0. The lowest BCUT2D eigenvalue weighted by atomic mass is 10.1. The van der Waals surface area contributed by atoms with E-state index in [1.807, 2.05) is 30.3 Å². The van der Waals surface area contributed by atoms with E-state index in [4.69, 9.17) is 13.9 Å². The molecule has 0 radical (unpaired) electrons. The second-order valence-electron chi connectivity index (χ2n) is 7.13. The number of hydrogen-bond acceptors (Lipinski definition) is 7. The van der Waals surface area contributed by atoms with Crippen LogP contribution in [0.5, 0.6) is 5.75 Å². The number of carbonyl (C=O) groups is 2. The molecule has 1 aromatic heterocycles. The van der Waals surface area contributed by atoms with Crippen molar-refractivity contribution in [3.05, 3.63) is 84.1 Å². The summed E-state index contributed by atoms with van der Waals surface area (Å²) in [5.41, 5.74) is 3.08. The fourth-order valence-electron chi connectivity index (χ4n) is 3.14. The van der Waals surface area contributed by atoms with Crippen LogP contribution in [0.15, 0.2) is 87.4 Å². The van der Waals surface area contributed by atoms with Crippen molar-refractivity contribution in [1.82, 2.24) is 0 Å². The standard InChI is InChI=1S/C25H21N3O5/c1-16-21-14-20(31-2)12-13-22(21)33-24(16)25(30)32-15-23(29)26-17-8-10-19(11-9-17)28-27-18-6-4-3-5-7-18/h3-14H,15H2,1-2H3,(H,26,29). The van der Waals surface area contributed by atoms with E-state index < -0.39 is 18.5 Å². The SMILES string of the molecule is COc1ccc2oc(C(=O)OCC(=O)Nc3ccc(N=Nc4ccccc4)cc3)c(C)c2c1. The van der Waals surface area contributed by atoms with Gasteiger partial charge in [0, 0.05) is 16.6 Å². The summed E-state index contributed by atoms with van der Waals surface area (Å²) in [6, 6.07) is 21.4. The fraction of sp³-hybridized carbons (Fsp3) is 0.120. The number of fused-ring (bicyclic) bond motifs is 1. The number of amides is 1. The van der Waals surface area contributed by atoms with Gasteiger partial charge in [-0.05, 0) is 61.5 Å². The third-order valence-electron chi connectivity index (χ3n) is 4.85. The number of anilines is 1. The minimum absolute atomic E-state index is 0.0548. The summed E-state index contributed by atoms with van der Waals surface area (Å²) in [6.45, 7) is 1.30. The number of benzene rings is 3. The van der Waals surface area contributed by atoms with Crippen LogP contribution < -0.4 is 10.1 Å². The first-order valence-corrected chi connectivity index (χ1v) is 10.1. The Morgan fingerprint density at radius 3 is 2.33 bits per heavy atom.